The zero-order valence-corrected chi connectivity index (χ0v) is 14.4. The van der Waals surface area contributed by atoms with Crippen LogP contribution in [-0.2, 0) is 0 Å². The van der Waals surface area contributed by atoms with Crippen LogP contribution in [0, 0.1) is 10.1 Å². The summed E-state index contributed by atoms with van der Waals surface area (Å²) < 4.78 is 11.5. The summed E-state index contributed by atoms with van der Waals surface area (Å²) in [4.78, 5) is 10.5. The number of nitro benzene ring substituents is 1. The Morgan fingerprint density at radius 2 is 1.43 bits per heavy atom. The van der Waals surface area contributed by atoms with E-state index in [0.29, 0.717) is 24.7 Å². The van der Waals surface area contributed by atoms with Gasteiger partial charge in [-0.3, -0.25) is 10.1 Å². The molecule has 0 aliphatic heterocycles. The van der Waals surface area contributed by atoms with Gasteiger partial charge in [0.1, 0.15) is 0 Å². The van der Waals surface area contributed by atoms with Crippen molar-refractivity contribution in [1.29, 1.82) is 0 Å². The Hall–Kier alpha value is -1.78. The predicted molar refractivity (Wildman–Crippen MR) is 92.4 cm³/mol. The van der Waals surface area contributed by atoms with E-state index < -0.39 is 4.92 Å². The van der Waals surface area contributed by atoms with E-state index in [1.807, 2.05) is 0 Å². The van der Waals surface area contributed by atoms with E-state index in [0.717, 1.165) is 25.7 Å². The third kappa shape index (κ3) is 7.86. The first-order valence-corrected chi connectivity index (χ1v) is 8.73. The zero-order chi connectivity index (χ0) is 16.9. The smallest absolute Gasteiger partial charge is 0.273 e. The number of unbranched alkanes of at least 4 members (excludes halogenated alkanes) is 6. The second-order valence-corrected chi connectivity index (χ2v) is 5.71. The van der Waals surface area contributed by atoms with E-state index >= 15 is 0 Å². The summed E-state index contributed by atoms with van der Waals surface area (Å²) >= 11 is 0. The molecule has 0 N–H and O–H groups in total. The Labute approximate surface area is 139 Å². The van der Waals surface area contributed by atoms with Crippen molar-refractivity contribution in [2.75, 3.05) is 13.2 Å². The van der Waals surface area contributed by atoms with Gasteiger partial charge in [0.2, 0.25) is 0 Å². The Morgan fingerprint density at radius 1 is 0.870 bits per heavy atom. The fourth-order valence-electron chi connectivity index (χ4n) is 2.26. The molecule has 0 aromatic heterocycles. The maximum atomic E-state index is 10.9. The number of benzene rings is 1. The topological polar surface area (TPSA) is 61.6 Å². The molecule has 1 rings (SSSR count). The number of ether oxygens (including phenoxy) is 2. The monoisotopic (exact) mass is 323 g/mol. The number of hydrogen-bond donors (Lipinski definition) is 0. The molecule has 0 aliphatic carbocycles. The lowest BCUT2D eigenvalue weighted by atomic mass is 10.2. The van der Waals surface area contributed by atoms with Gasteiger partial charge in [-0.15, -0.1) is 0 Å². The molecule has 0 fully saturated rings. The van der Waals surface area contributed by atoms with Gasteiger partial charge in [0.15, 0.2) is 11.5 Å². The first kappa shape index (κ1) is 19.3. The summed E-state index contributed by atoms with van der Waals surface area (Å²) in [5.41, 5.74) is 0.0342. The Morgan fingerprint density at radius 3 is 1.96 bits per heavy atom. The van der Waals surface area contributed by atoms with Crippen LogP contribution in [0.1, 0.15) is 65.2 Å². The molecule has 5 nitrogen and oxygen atoms in total. The average Bonchev–Trinajstić information content (AvgIpc) is 2.55. The zero-order valence-electron chi connectivity index (χ0n) is 14.4. The summed E-state index contributed by atoms with van der Waals surface area (Å²) in [6, 6.07) is 4.56. The SMILES string of the molecule is CCCCCCOc1ccc([N+](=O)[O-])cc1OCCCCCC. The number of rotatable bonds is 13. The average molecular weight is 323 g/mol. The molecule has 1 aromatic carbocycles. The largest absolute Gasteiger partial charge is 0.490 e. The van der Waals surface area contributed by atoms with Crippen LogP contribution in [0.4, 0.5) is 5.69 Å². The molecule has 1 aromatic rings. The molecule has 0 spiro atoms. The number of hydrogen-bond acceptors (Lipinski definition) is 4. The highest BCUT2D eigenvalue weighted by Crippen LogP contribution is 2.32. The Balaban J connectivity index is 2.57. The number of nitro groups is 1. The molecule has 23 heavy (non-hydrogen) atoms. The van der Waals surface area contributed by atoms with Crippen molar-refractivity contribution in [2.24, 2.45) is 0 Å². The van der Waals surface area contributed by atoms with Crippen molar-refractivity contribution in [3.63, 3.8) is 0 Å². The number of non-ortho nitro benzene ring substituents is 1. The van der Waals surface area contributed by atoms with Crippen molar-refractivity contribution < 1.29 is 14.4 Å². The van der Waals surface area contributed by atoms with Gasteiger partial charge >= 0.3 is 0 Å². The third-order valence-electron chi connectivity index (χ3n) is 3.65. The lowest BCUT2D eigenvalue weighted by Gasteiger charge is -2.12. The molecule has 0 unspecified atom stereocenters. The summed E-state index contributed by atoms with van der Waals surface area (Å²) in [5, 5.41) is 10.9. The van der Waals surface area contributed by atoms with Gasteiger partial charge in [-0.25, -0.2) is 0 Å². The fraction of sp³-hybridized carbons (Fsp3) is 0.667. The van der Waals surface area contributed by atoms with Gasteiger partial charge in [-0.1, -0.05) is 52.4 Å². The highest BCUT2D eigenvalue weighted by Gasteiger charge is 2.13. The van der Waals surface area contributed by atoms with Crippen molar-refractivity contribution in [3.8, 4) is 11.5 Å². The summed E-state index contributed by atoms with van der Waals surface area (Å²) in [7, 11) is 0. The molecule has 0 atom stereocenters. The summed E-state index contributed by atoms with van der Waals surface area (Å²) in [5.74, 6) is 1.08. The lowest BCUT2D eigenvalue weighted by molar-refractivity contribution is -0.385. The van der Waals surface area contributed by atoms with Crippen molar-refractivity contribution in [2.45, 2.75) is 65.2 Å². The van der Waals surface area contributed by atoms with E-state index in [2.05, 4.69) is 13.8 Å². The molecular weight excluding hydrogens is 294 g/mol. The van der Waals surface area contributed by atoms with E-state index in [1.54, 1.807) is 6.07 Å². The molecule has 0 saturated carbocycles. The van der Waals surface area contributed by atoms with Gasteiger partial charge in [-0.2, -0.15) is 0 Å². The summed E-state index contributed by atoms with van der Waals surface area (Å²) in [6.45, 7) is 5.50. The maximum absolute atomic E-state index is 10.9. The Kier molecular flexibility index (Phi) is 9.84. The highest BCUT2D eigenvalue weighted by molar-refractivity contribution is 5.48. The lowest BCUT2D eigenvalue weighted by Crippen LogP contribution is -2.03. The quantitative estimate of drug-likeness (QED) is 0.273. The highest BCUT2D eigenvalue weighted by atomic mass is 16.6. The molecule has 0 radical (unpaired) electrons. The van der Waals surface area contributed by atoms with Crippen LogP contribution >= 0.6 is 0 Å². The van der Waals surface area contributed by atoms with Gasteiger partial charge in [0, 0.05) is 6.07 Å². The van der Waals surface area contributed by atoms with E-state index in [-0.39, 0.29) is 5.69 Å². The molecule has 5 heteroatoms. The molecule has 0 saturated heterocycles. The minimum atomic E-state index is -0.408. The van der Waals surface area contributed by atoms with Gasteiger partial charge in [0.25, 0.3) is 5.69 Å². The van der Waals surface area contributed by atoms with Crippen LogP contribution < -0.4 is 9.47 Å². The van der Waals surface area contributed by atoms with Gasteiger partial charge < -0.3 is 9.47 Å². The van der Waals surface area contributed by atoms with E-state index in [9.17, 15) is 10.1 Å². The Bertz CT molecular complexity index is 462. The van der Waals surface area contributed by atoms with Crippen LogP contribution in [0.2, 0.25) is 0 Å². The molecular formula is C18H29NO4. The van der Waals surface area contributed by atoms with Gasteiger partial charge in [0.05, 0.1) is 24.2 Å². The van der Waals surface area contributed by atoms with Crippen LogP contribution in [0.5, 0.6) is 11.5 Å². The predicted octanol–water partition coefficient (Wildman–Crippen LogP) is 5.51. The second kappa shape index (κ2) is 11.7. The van der Waals surface area contributed by atoms with Gasteiger partial charge in [-0.05, 0) is 18.9 Å². The normalized spacial score (nSPS) is 10.5. The minimum Gasteiger partial charge on any atom is -0.490 e. The van der Waals surface area contributed by atoms with E-state index in [4.69, 9.17) is 9.47 Å². The van der Waals surface area contributed by atoms with Crippen LogP contribution in [0.15, 0.2) is 18.2 Å². The maximum Gasteiger partial charge on any atom is 0.273 e. The van der Waals surface area contributed by atoms with Crippen LogP contribution in [-0.4, -0.2) is 18.1 Å². The second-order valence-electron chi connectivity index (χ2n) is 5.71. The standard InChI is InChI=1S/C18H29NO4/c1-3-5-7-9-13-22-17-12-11-16(19(20)21)15-18(17)23-14-10-8-6-4-2/h11-12,15H,3-10,13-14H2,1-2H3. The van der Waals surface area contributed by atoms with Crippen LogP contribution in [0.25, 0.3) is 0 Å². The summed E-state index contributed by atoms with van der Waals surface area (Å²) in [6.07, 6.45) is 8.92. The third-order valence-corrected chi connectivity index (χ3v) is 3.65. The first-order valence-electron chi connectivity index (χ1n) is 8.73. The minimum absolute atomic E-state index is 0.0342. The molecule has 0 heterocycles. The number of nitrogens with zero attached hydrogens (tertiary/aromatic N) is 1. The van der Waals surface area contributed by atoms with Crippen molar-refractivity contribution in [1.82, 2.24) is 0 Å². The first-order chi connectivity index (χ1) is 11.2. The van der Waals surface area contributed by atoms with E-state index in [1.165, 1.54) is 37.8 Å². The fourth-order valence-corrected chi connectivity index (χ4v) is 2.26. The van der Waals surface area contributed by atoms with Crippen molar-refractivity contribution >= 4 is 5.69 Å². The van der Waals surface area contributed by atoms with Crippen molar-refractivity contribution in [3.05, 3.63) is 28.3 Å². The molecule has 0 aliphatic rings. The molecule has 0 bridgehead atoms. The molecule has 0 amide bonds. The van der Waals surface area contributed by atoms with Crippen LogP contribution in [0.3, 0.4) is 0 Å². The molecule has 130 valence electrons.